The van der Waals surface area contributed by atoms with E-state index in [2.05, 4.69) is 17.1 Å². The number of carbonyl (C=O) groups is 1. The average molecular weight is 424 g/mol. The molecule has 0 spiro atoms. The molecule has 1 aromatic rings. The number of hydrogen-bond donors (Lipinski definition) is 1. The first-order chi connectivity index (χ1) is 13.9. The third-order valence-electron chi connectivity index (χ3n) is 5.85. The summed E-state index contributed by atoms with van der Waals surface area (Å²) >= 11 is 0. The van der Waals surface area contributed by atoms with Gasteiger partial charge in [0.25, 0.3) is 0 Å². The Morgan fingerprint density at radius 1 is 1.17 bits per heavy atom. The van der Waals surface area contributed by atoms with Gasteiger partial charge >= 0.3 is 0 Å². The Morgan fingerprint density at radius 2 is 1.86 bits per heavy atom. The van der Waals surface area contributed by atoms with Crippen molar-refractivity contribution in [3.63, 3.8) is 0 Å². The van der Waals surface area contributed by atoms with E-state index < -0.39 is 10.0 Å². The minimum atomic E-state index is -3.61. The molecule has 2 fully saturated rings. The smallest absolute Gasteiger partial charge is 0.243 e. The Kier molecular flexibility index (Phi) is 7.54. The van der Waals surface area contributed by atoms with Gasteiger partial charge in [-0.05, 0) is 69.0 Å². The van der Waals surface area contributed by atoms with Crippen LogP contribution in [0.5, 0.6) is 5.75 Å². The molecule has 2 atom stereocenters. The van der Waals surface area contributed by atoms with Gasteiger partial charge in [0, 0.05) is 26.2 Å². The van der Waals surface area contributed by atoms with Crippen LogP contribution in [0.3, 0.4) is 0 Å². The number of amides is 1. The fourth-order valence-corrected chi connectivity index (χ4v) is 5.69. The van der Waals surface area contributed by atoms with Crippen molar-refractivity contribution in [1.82, 2.24) is 14.5 Å². The molecular formula is C21H33N3O4S. The molecule has 0 unspecified atom stereocenters. The van der Waals surface area contributed by atoms with Crippen molar-refractivity contribution in [1.29, 1.82) is 0 Å². The predicted octanol–water partition coefficient (Wildman–Crippen LogP) is 1.94. The molecule has 0 radical (unpaired) electrons. The van der Waals surface area contributed by atoms with Crippen LogP contribution in [0.1, 0.15) is 32.6 Å². The zero-order valence-electron chi connectivity index (χ0n) is 17.5. The average Bonchev–Trinajstić information content (AvgIpc) is 3.25. The van der Waals surface area contributed by atoms with E-state index >= 15 is 0 Å². The summed E-state index contributed by atoms with van der Waals surface area (Å²) in [6, 6.07) is 6.39. The van der Waals surface area contributed by atoms with Gasteiger partial charge in [-0.25, -0.2) is 8.42 Å². The van der Waals surface area contributed by atoms with E-state index in [0.29, 0.717) is 31.2 Å². The van der Waals surface area contributed by atoms with Crippen LogP contribution in [0.15, 0.2) is 29.2 Å². The van der Waals surface area contributed by atoms with Crippen LogP contribution >= 0.6 is 0 Å². The first-order valence-electron chi connectivity index (χ1n) is 10.5. The summed E-state index contributed by atoms with van der Waals surface area (Å²) in [4.78, 5) is 15.3. The van der Waals surface area contributed by atoms with Gasteiger partial charge in [-0.15, -0.1) is 0 Å². The molecule has 2 aliphatic rings. The van der Waals surface area contributed by atoms with Crippen molar-refractivity contribution in [2.45, 2.75) is 37.5 Å². The lowest BCUT2D eigenvalue weighted by atomic mass is 9.98. The molecule has 0 aliphatic carbocycles. The molecule has 2 aliphatic heterocycles. The third kappa shape index (κ3) is 5.71. The maximum Gasteiger partial charge on any atom is 0.243 e. The summed E-state index contributed by atoms with van der Waals surface area (Å²) < 4.78 is 32.5. The van der Waals surface area contributed by atoms with E-state index in [1.165, 1.54) is 17.1 Å². The number of methoxy groups -OCH3 is 1. The van der Waals surface area contributed by atoms with Crippen molar-refractivity contribution in [2.24, 2.45) is 11.8 Å². The molecule has 2 saturated heterocycles. The second-order valence-corrected chi connectivity index (χ2v) is 10.2. The highest BCUT2D eigenvalue weighted by atomic mass is 32.2. The van der Waals surface area contributed by atoms with Gasteiger partial charge in [0.1, 0.15) is 5.75 Å². The first kappa shape index (κ1) is 22.1. The summed E-state index contributed by atoms with van der Waals surface area (Å²) in [5.41, 5.74) is 0. The molecule has 1 amide bonds. The SMILES string of the molecule is COc1ccc(S(=O)(=O)N2CCC[C@@H](C(=O)NC[C@H](C)CN3CCCC3)C2)cc1. The van der Waals surface area contributed by atoms with Crippen LogP contribution < -0.4 is 10.1 Å². The van der Waals surface area contributed by atoms with E-state index in [1.54, 1.807) is 31.4 Å². The van der Waals surface area contributed by atoms with Gasteiger partial charge in [-0.1, -0.05) is 6.92 Å². The minimum absolute atomic E-state index is 0.0343. The van der Waals surface area contributed by atoms with Crippen molar-refractivity contribution in [3.05, 3.63) is 24.3 Å². The number of sulfonamides is 1. The van der Waals surface area contributed by atoms with E-state index in [9.17, 15) is 13.2 Å². The summed E-state index contributed by atoms with van der Waals surface area (Å²) in [6.07, 6.45) is 3.94. The van der Waals surface area contributed by atoms with E-state index in [4.69, 9.17) is 4.74 Å². The Morgan fingerprint density at radius 3 is 2.52 bits per heavy atom. The van der Waals surface area contributed by atoms with Crippen molar-refractivity contribution >= 4 is 15.9 Å². The number of piperidine rings is 1. The number of likely N-dealkylation sites (tertiary alicyclic amines) is 1. The highest BCUT2D eigenvalue weighted by Crippen LogP contribution is 2.25. The number of ether oxygens (including phenoxy) is 1. The largest absolute Gasteiger partial charge is 0.497 e. The highest BCUT2D eigenvalue weighted by Gasteiger charge is 2.33. The van der Waals surface area contributed by atoms with Crippen molar-refractivity contribution in [3.8, 4) is 5.75 Å². The molecule has 3 rings (SSSR count). The topological polar surface area (TPSA) is 79.0 Å². The van der Waals surface area contributed by atoms with Gasteiger partial charge in [0.2, 0.25) is 15.9 Å². The molecule has 2 heterocycles. The summed E-state index contributed by atoms with van der Waals surface area (Å²) in [7, 11) is -2.06. The minimum Gasteiger partial charge on any atom is -0.497 e. The molecule has 29 heavy (non-hydrogen) atoms. The summed E-state index contributed by atoms with van der Waals surface area (Å²) in [5.74, 6) is 0.673. The van der Waals surface area contributed by atoms with Crippen LogP contribution in [0.25, 0.3) is 0 Å². The van der Waals surface area contributed by atoms with Crippen molar-refractivity contribution < 1.29 is 17.9 Å². The second-order valence-electron chi connectivity index (χ2n) is 8.24. The Bertz CT molecular complexity index is 776. The fraction of sp³-hybridized carbons (Fsp3) is 0.667. The maximum atomic E-state index is 13.0. The second kappa shape index (κ2) is 9.91. The molecule has 8 heteroatoms. The van der Waals surface area contributed by atoms with Gasteiger partial charge in [0.05, 0.1) is 17.9 Å². The molecular weight excluding hydrogens is 390 g/mol. The number of nitrogens with zero attached hydrogens (tertiary/aromatic N) is 2. The standard InChI is InChI=1S/C21H33N3O4S/c1-17(15-23-11-3-4-12-23)14-22-21(25)18-6-5-13-24(16-18)29(26,27)20-9-7-19(28-2)8-10-20/h7-10,17-18H,3-6,11-16H2,1-2H3,(H,22,25)/t17-,18+/m0/s1. The Balaban J connectivity index is 1.53. The van der Waals surface area contributed by atoms with E-state index in [0.717, 1.165) is 26.1 Å². The third-order valence-corrected chi connectivity index (χ3v) is 7.72. The molecule has 1 N–H and O–H groups in total. The molecule has 0 aromatic heterocycles. The maximum absolute atomic E-state index is 13.0. The molecule has 0 bridgehead atoms. The van der Waals surface area contributed by atoms with Gasteiger partial charge < -0.3 is 15.0 Å². The first-order valence-corrected chi connectivity index (χ1v) is 12.0. The molecule has 162 valence electrons. The van der Waals surface area contributed by atoms with Gasteiger partial charge in [-0.3, -0.25) is 4.79 Å². The quantitative estimate of drug-likeness (QED) is 0.691. The van der Waals surface area contributed by atoms with Crippen LogP contribution in [0, 0.1) is 11.8 Å². The van der Waals surface area contributed by atoms with Crippen LogP contribution in [0.2, 0.25) is 0 Å². The lowest BCUT2D eigenvalue weighted by Gasteiger charge is -2.31. The number of carbonyl (C=O) groups excluding carboxylic acids is 1. The molecule has 0 saturated carbocycles. The van der Waals surface area contributed by atoms with Gasteiger partial charge in [-0.2, -0.15) is 4.31 Å². The van der Waals surface area contributed by atoms with Crippen LogP contribution in [-0.2, 0) is 14.8 Å². The Labute approximate surface area is 174 Å². The highest BCUT2D eigenvalue weighted by molar-refractivity contribution is 7.89. The molecule has 7 nitrogen and oxygen atoms in total. The summed E-state index contributed by atoms with van der Waals surface area (Å²) in [5, 5.41) is 3.05. The number of benzene rings is 1. The molecule has 1 aromatic carbocycles. The van der Waals surface area contributed by atoms with Crippen LogP contribution in [0.4, 0.5) is 0 Å². The fourth-order valence-electron chi connectivity index (χ4n) is 4.16. The zero-order chi connectivity index (χ0) is 20.9. The number of rotatable bonds is 8. The lowest BCUT2D eigenvalue weighted by Crippen LogP contribution is -2.46. The van der Waals surface area contributed by atoms with E-state index in [-0.39, 0.29) is 23.3 Å². The normalized spacial score (nSPS) is 22.3. The summed E-state index contributed by atoms with van der Waals surface area (Å²) in [6.45, 7) is 6.78. The monoisotopic (exact) mass is 423 g/mol. The van der Waals surface area contributed by atoms with Crippen molar-refractivity contribution in [2.75, 3.05) is 46.4 Å². The lowest BCUT2D eigenvalue weighted by molar-refractivity contribution is -0.126. The number of hydrogen-bond acceptors (Lipinski definition) is 5. The number of nitrogens with one attached hydrogen (secondary N) is 1. The Hall–Kier alpha value is -1.64. The van der Waals surface area contributed by atoms with Crippen LogP contribution in [-0.4, -0.2) is 69.9 Å². The van der Waals surface area contributed by atoms with E-state index in [1.807, 2.05) is 0 Å². The predicted molar refractivity (Wildman–Crippen MR) is 112 cm³/mol. The van der Waals surface area contributed by atoms with Gasteiger partial charge in [0.15, 0.2) is 0 Å². The zero-order valence-corrected chi connectivity index (χ0v) is 18.3.